The summed E-state index contributed by atoms with van der Waals surface area (Å²) in [6.45, 7) is 4.65. The number of anilines is 1. The standard InChI is InChI=1S/C16H24N2S2/c1-4-11-8-9-12(10(11)2)18-13-6-5-7-14(20-3)15(13)16(17)19/h5-7,10-12,18H,4,8-9H2,1-3H3,(H2,17,19). The minimum atomic E-state index is 0.482. The molecule has 2 rings (SSSR count). The van der Waals surface area contributed by atoms with E-state index in [1.165, 1.54) is 19.3 Å². The van der Waals surface area contributed by atoms with Gasteiger partial charge in [-0.25, -0.2) is 0 Å². The molecule has 0 aliphatic heterocycles. The molecule has 0 amide bonds. The summed E-state index contributed by atoms with van der Waals surface area (Å²) in [4.78, 5) is 1.63. The van der Waals surface area contributed by atoms with Gasteiger partial charge in [0, 0.05) is 22.2 Å². The van der Waals surface area contributed by atoms with Crippen LogP contribution >= 0.6 is 24.0 Å². The third kappa shape index (κ3) is 3.12. The lowest BCUT2D eigenvalue weighted by Crippen LogP contribution is -2.26. The van der Waals surface area contributed by atoms with Crippen LogP contribution in [0.5, 0.6) is 0 Å². The van der Waals surface area contributed by atoms with Gasteiger partial charge in [0.05, 0.1) is 0 Å². The quantitative estimate of drug-likeness (QED) is 0.629. The monoisotopic (exact) mass is 308 g/mol. The molecule has 1 aliphatic rings. The molecule has 4 heteroatoms. The van der Waals surface area contributed by atoms with Gasteiger partial charge < -0.3 is 11.1 Å². The van der Waals surface area contributed by atoms with Crippen molar-refractivity contribution in [2.45, 2.75) is 44.0 Å². The van der Waals surface area contributed by atoms with Gasteiger partial charge in [0.2, 0.25) is 0 Å². The van der Waals surface area contributed by atoms with Crippen molar-refractivity contribution in [3.05, 3.63) is 23.8 Å². The van der Waals surface area contributed by atoms with E-state index in [0.29, 0.717) is 16.9 Å². The van der Waals surface area contributed by atoms with Gasteiger partial charge >= 0.3 is 0 Å². The van der Waals surface area contributed by atoms with Crippen molar-refractivity contribution in [3.63, 3.8) is 0 Å². The van der Waals surface area contributed by atoms with Gasteiger partial charge in [0.1, 0.15) is 4.99 Å². The molecule has 0 bridgehead atoms. The Bertz CT molecular complexity index is 487. The highest BCUT2D eigenvalue weighted by molar-refractivity contribution is 7.98. The van der Waals surface area contributed by atoms with Gasteiger partial charge in [-0.15, -0.1) is 11.8 Å². The van der Waals surface area contributed by atoms with E-state index < -0.39 is 0 Å². The van der Waals surface area contributed by atoms with Gasteiger partial charge in [-0.2, -0.15) is 0 Å². The minimum absolute atomic E-state index is 0.482. The van der Waals surface area contributed by atoms with E-state index in [9.17, 15) is 0 Å². The van der Waals surface area contributed by atoms with Crippen LogP contribution in [0.3, 0.4) is 0 Å². The van der Waals surface area contributed by atoms with Crippen molar-refractivity contribution in [1.82, 2.24) is 0 Å². The van der Waals surface area contributed by atoms with E-state index in [1.807, 2.05) is 0 Å². The summed E-state index contributed by atoms with van der Waals surface area (Å²) in [6, 6.07) is 6.79. The molecule has 0 aromatic heterocycles. The summed E-state index contributed by atoms with van der Waals surface area (Å²) in [7, 11) is 0. The number of nitrogens with one attached hydrogen (secondary N) is 1. The molecule has 3 N–H and O–H groups in total. The van der Waals surface area contributed by atoms with Crippen LogP contribution in [0.2, 0.25) is 0 Å². The second-order valence-electron chi connectivity index (χ2n) is 5.60. The Kier molecular flexibility index (Phi) is 5.33. The van der Waals surface area contributed by atoms with Gasteiger partial charge in [0.25, 0.3) is 0 Å². The Morgan fingerprint density at radius 2 is 2.20 bits per heavy atom. The SMILES string of the molecule is CCC1CCC(Nc2cccc(SC)c2C(N)=S)C1C. The first-order chi connectivity index (χ1) is 9.58. The first-order valence-corrected chi connectivity index (χ1v) is 8.95. The lowest BCUT2D eigenvalue weighted by molar-refractivity contribution is 0.392. The van der Waals surface area contributed by atoms with Crippen LogP contribution in [0.4, 0.5) is 5.69 Å². The number of thiocarbonyl (C=S) groups is 1. The normalized spacial score (nSPS) is 25.6. The second kappa shape index (κ2) is 6.81. The fourth-order valence-corrected chi connectivity index (χ4v) is 4.23. The molecule has 2 nitrogen and oxygen atoms in total. The van der Waals surface area contributed by atoms with Crippen molar-refractivity contribution in [1.29, 1.82) is 0 Å². The van der Waals surface area contributed by atoms with Crippen molar-refractivity contribution in [3.8, 4) is 0 Å². The Morgan fingerprint density at radius 1 is 1.45 bits per heavy atom. The topological polar surface area (TPSA) is 38.0 Å². The molecular weight excluding hydrogens is 284 g/mol. The number of benzene rings is 1. The molecule has 20 heavy (non-hydrogen) atoms. The zero-order chi connectivity index (χ0) is 14.7. The van der Waals surface area contributed by atoms with Crippen LogP contribution in [0, 0.1) is 11.8 Å². The zero-order valence-corrected chi connectivity index (χ0v) is 14.1. The molecule has 0 radical (unpaired) electrons. The van der Waals surface area contributed by atoms with Crippen molar-refractivity contribution >= 4 is 34.7 Å². The van der Waals surface area contributed by atoms with Crippen molar-refractivity contribution in [2.24, 2.45) is 17.6 Å². The largest absolute Gasteiger partial charge is 0.389 e. The minimum Gasteiger partial charge on any atom is -0.389 e. The number of hydrogen-bond donors (Lipinski definition) is 2. The van der Waals surface area contributed by atoms with E-state index in [4.69, 9.17) is 18.0 Å². The second-order valence-corrected chi connectivity index (χ2v) is 6.89. The van der Waals surface area contributed by atoms with E-state index >= 15 is 0 Å². The van der Waals surface area contributed by atoms with Crippen molar-refractivity contribution in [2.75, 3.05) is 11.6 Å². The maximum Gasteiger partial charge on any atom is 0.107 e. The third-order valence-corrected chi connectivity index (χ3v) is 5.57. The maximum absolute atomic E-state index is 5.93. The average molecular weight is 309 g/mol. The first kappa shape index (κ1) is 15.6. The van der Waals surface area contributed by atoms with Crippen LogP contribution < -0.4 is 11.1 Å². The van der Waals surface area contributed by atoms with Crippen molar-refractivity contribution < 1.29 is 0 Å². The Morgan fingerprint density at radius 3 is 2.75 bits per heavy atom. The van der Waals surface area contributed by atoms with Gasteiger partial charge in [-0.3, -0.25) is 0 Å². The van der Waals surface area contributed by atoms with Crippen LogP contribution in [-0.4, -0.2) is 17.3 Å². The molecule has 0 heterocycles. The highest BCUT2D eigenvalue weighted by atomic mass is 32.2. The molecule has 1 aliphatic carbocycles. The molecule has 1 fully saturated rings. The smallest absolute Gasteiger partial charge is 0.107 e. The van der Waals surface area contributed by atoms with E-state index in [1.54, 1.807) is 11.8 Å². The molecule has 0 spiro atoms. The van der Waals surface area contributed by atoms with Gasteiger partial charge in [-0.1, -0.05) is 38.6 Å². The molecule has 0 saturated heterocycles. The number of hydrogen-bond acceptors (Lipinski definition) is 3. The molecule has 3 unspecified atom stereocenters. The summed E-state index contributed by atoms with van der Waals surface area (Å²) in [5.41, 5.74) is 8.03. The van der Waals surface area contributed by atoms with Crippen LogP contribution in [0.25, 0.3) is 0 Å². The Balaban J connectivity index is 2.24. The third-order valence-electron chi connectivity index (χ3n) is 4.58. The number of nitrogens with two attached hydrogens (primary N) is 1. The van der Waals surface area contributed by atoms with Crippen LogP contribution in [0.15, 0.2) is 23.1 Å². The Hall–Kier alpha value is -0.740. The zero-order valence-electron chi connectivity index (χ0n) is 12.5. The summed E-state index contributed by atoms with van der Waals surface area (Å²) < 4.78 is 0. The molecule has 3 atom stereocenters. The van der Waals surface area contributed by atoms with Crippen LogP contribution in [0.1, 0.15) is 38.7 Å². The fourth-order valence-electron chi connectivity index (χ4n) is 3.30. The van der Waals surface area contributed by atoms with Gasteiger partial charge in [0.15, 0.2) is 0 Å². The van der Waals surface area contributed by atoms with E-state index in [2.05, 4.69) is 43.6 Å². The average Bonchev–Trinajstić information content (AvgIpc) is 2.79. The highest BCUT2D eigenvalue weighted by Gasteiger charge is 2.31. The predicted octanol–water partition coefficient (Wildman–Crippen LogP) is 4.28. The van der Waals surface area contributed by atoms with Gasteiger partial charge in [-0.05, 0) is 43.1 Å². The fraction of sp³-hybridized carbons (Fsp3) is 0.562. The van der Waals surface area contributed by atoms with Crippen LogP contribution in [-0.2, 0) is 0 Å². The summed E-state index contributed by atoms with van der Waals surface area (Å²) in [5.74, 6) is 1.54. The lowest BCUT2D eigenvalue weighted by Gasteiger charge is -2.24. The summed E-state index contributed by atoms with van der Waals surface area (Å²) in [5, 5.41) is 3.70. The Labute approximate surface area is 131 Å². The molecular formula is C16H24N2S2. The molecule has 1 saturated carbocycles. The summed E-state index contributed by atoms with van der Waals surface area (Å²) >= 11 is 6.94. The summed E-state index contributed by atoms with van der Waals surface area (Å²) in [6.07, 6.45) is 5.89. The molecule has 1 aromatic carbocycles. The lowest BCUT2D eigenvalue weighted by atomic mass is 9.93. The van der Waals surface area contributed by atoms with E-state index in [0.717, 1.165) is 22.1 Å². The maximum atomic E-state index is 5.93. The number of rotatable bonds is 5. The van der Waals surface area contributed by atoms with E-state index in [-0.39, 0.29) is 0 Å². The number of thioether (sulfide) groups is 1. The highest BCUT2D eigenvalue weighted by Crippen LogP contribution is 2.37. The predicted molar refractivity (Wildman–Crippen MR) is 93.7 cm³/mol. The molecule has 110 valence electrons. The first-order valence-electron chi connectivity index (χ1n) is 7.31. The molecule has 1 aromatic rings.